The van der Waals surface area contributed by atoms with Crippen LogP contribution in [0, 0.1) is 0 Å². The van der Waals surface area contributed by atoms with Gasteiger partial charge in [-0.25, -0.2) is 0 Å². The van der Waals surface area contributed by atoms with Crippen LogP contribution in [0.2, 0.25) is 0 Å². The molecule has 2 aromatic carbocycles. The summed E-state index contributed by atoms with van der Waals surface area (Å²) in [7, 11) is 3.24. The van der Waals surface area contributed by atoms with Gasteiger partial charge >= 0.3 is 6.61 Å². The predicted molar refractivity (Wildman–Crippen MR) is 99.2 cm³/mol. The molecule has 0 atom stereocenters. The zero-order valence-electron chi connectivity index (χ0n) is 15.5. The number of alkyl halides is 2. The second kappa shape index (κ2) is 9.12. The summed E-state index contributed by atoms with van der Waals surface area (Å²) in [5.74, 6) is 2.18. The van der Waals surface area contributed by atoms with Gasteiger partial charge in [-0.1, -0.05) is 12.1 Å². The quantitative estimate of drug-likeness (QED) is 0.557. The maximum atomic E-state index is 12.7. The zero-order valence-corrected chi connectivity index (χ0v) is 15.5. The van der Waals surface area contributed by atoms with Crippen LogP contribution in [0.4, 0.5) is 8.78 Å². The molecule has 2 N–H and O–H groups in total. The Hall–Kier alpha value is -3.23. The van der Waals surface area contributed by atoms with E-state index in [2.05, 4.69) is 20.4 Å². The van der Waals surface area contributed by atoms with Crippen molar-refractivity contribution in [2.45, 2.75) is 19.7 Å². The van der Waals surface area contributed by atoms with Gasteiger partial charge < -0.3 is 29.6 Å². The van der Waals surface area contributed by atoms with E-state index in [9.17, 15) is 8.78 Å². The smallest absolute Gasteiger partial charge is 0.387 e. The lowest BCUT2D eigenvalue weighted by atomic mass is 10.1. The number of hydrogen-bond acceptors (Lipinski definition) is 5. The van der Waals surface area contributed by atoms with E-state index in [-0.39, 0.29) is 19.1 Å². The molecule has 0 bridgehead atoms. The van der Waals surface area contributed by atoms with Crippen molar-refractivity contribution in [1.29, 1.82) is 0 Å². The summed E-state index contributed by atoms with van der Waals surface area (Å²) in [4.78, 5) is 4.14. The molecule has 3 rings (SSSR count). The van der Waals surface area contributed by atoms with E-state index < -0.39 is 6.61 Å². The molecule has 0 saturated carbocycles. The average Bonchev–Trinajstić information content (AvgIpc) is 3.15. The van der Waals surface area contributed by atoms with Gasteiger partial charge in [0.2, 0.25) is 6.79 Å². The highest BCUT2D eigenvalue weighted by Crippen LogP contribution is 2.38. The van der Waals surface area contributed by atoms with Crippen LogP contribution in [0.1, 0.15) is 11.1 Å². The third kappa shape index (κ3) is 4.93. The van der Waals surface area contributed by atoms with Crippen molar-refractivity contribution >= 4 is 5.96 Å². The maximum absolute atomic E-state index is 12.7. The molecule has 9 heteroatoms. The highest BCUT2D eigenvalue weighted by Gasteiger charge is 2.20. The molecule has 1 heterocycles. The molecular weight excluding hydrogens is 372 g/mol. The van der Waals surface area contributed by atoms with Crippen molar-refractivity contribution in [2.24, 2.45) is 4.99 Å². The first-order valence-electron chi connectivity index (χ1n) is 8.54. The van der Waals surface area contributed by atoms with Gasteiger partial charge in [-0.05, 0) is 23.8 Å². The molecular formula is C19H21F2N3O4. The Bertz CT molecular complexity index is 829. The van der Waals surface area contributed by atoms with Gasteiger partial charge in [0.15, 0.2) is 17.5 Å². The van der Waals surface area contributed by atoms with Gasteiger partial charge in [-0.3, -0.25) is 4.99 Å². The van der Waals surface area contributed by atoms with Crippen molar-refractivity contribution in [3.63, 3.8) is 0 Å². The second-order valence-corrected chi connectivity index (χ2v) is 5.82. The molecule has 150 valence electrons. The van der Waals surface area contributed by atoms with Crippen LogP contribution in [0.25, 0.3) is 0 Å². The van der Waals surface area contributed by atoms with E-state index in [1.807, 2.05) is 24.3 Å². The van der Waals surface area contributed by atoms with Gasteiger partial charge in [0.1, 0.15) is 11.5 Å². The lowest BCUT2D eigenvalue weighted by Gasteiger charge is -2.15. The minimum Gasteiger partial charge on any atom is -0.497 e. The molecule has 0 fully saturated rings. The summed E-state index contributed by atoms with van der Waals surface area (Å²) < 4.78 is 45.7. The first-order chi connectivity index (χ1) is 13.6. The molecule has 28 heavy (non-hydrogen) atoms. The average molecular weight is 393 g/mol. The third-order valence-corrected chi connectivity index (χ3v) is 4.06. The van der Waals surface area contributed by atoms with Gasteiger partial charge in [0.25, 0.3) is 0 Å². The number of benzene rings is 2. The van der Waals surface area contributed by atoms with E-state index in [0.717, 1.165) is 11.3 Å². The van der Waals surface area contributed by atoms with E-state index in [1.165, 1.54) is 6.07 Å². The van der Waals surface area contributed by atoms with Gasteiger partial charge in [0, 0.05) is 31.8 Å². The summed E-state index contributed by atoms with van der Waals surface area (Å²) in [6.45, 7) is -2.15. The van der Waals surface area contributed by atoms with Gasteiger partial charge in [-0.15, -0.1) is 0 Å². The number of halogens is 2. The summed E-state index contributed by atoms with van der Waals surface area (Å²) >= 11 is 0. The first-order valence-corrected chi connectivity index (χ1v) is 8.54. The van der Waals surface area contributed by atoms with Crippen molar-refractivity contribution < 1.29 is 27.7 Å². The molecule has 0 aromatic heterocycles. The van der Waals surface area contributed by atoms with Crippen LogP contribution < -0.4 is 29.6 Å². The molecule has 0 spiro atoms. The van der Waals surface area contributed by atoms with Crippen LogP contribution in [-0.2, 0) is 13.1 Å². The summed E-state index contributed by atoms with van der Waals surface area (Å²) in [5.41, 5.74) is 1.53. The third-order valence-electron chi connectivity index (χ3n) is 4.06. The molecule has 2 aromatic rings. The standard InChI is InChI=1S/C19H21F2N3O4/c1-22-19(23-9-12-3-5-14(25-2)6-4-12)24-10-13-7-16-17(27-11-26-16)8-15(13)28-18(20)21/h3-8,18H,9-11H2,1-2H3,(H2,22,23,24). The monoisotopic (exact) mass is 393 g/mol. The Balaban J connectivity index is 1.62. The second-order valence-electron chi connectivity index (χ2n) is 5.82. The summed E-state index contributed by atoms with van der Waals surface area (Å²) in [5, 5.41) is 6.24. The largest absolute Gasteiger partial charge is 0.497 e. The Morgan fingerprint density at radius 1 is 1.11 bits per heavy atom. The van der Waals surface area contributed by atoms with Crippen LogP contribution in [0.5, 0.6) is 23.0 Å². The number of fused-ring (bicyclic) bond motifs is 1. The van der Waals surface area contributed by atoms with Crippen molar-refractivity contribution in [3.8, 4) is 23.0 Å². The van der Waals surface area contributed by atoms with Crippen molar-refractivity contribution in [3.05, 3.63) is 47.5 Å². The number of nitrogens with zero attached hydrogens (tertiary/aromatic N) is 1. The van der Waals surface area contributed by atoms with E-state index in [4.69, 9.17) is 14.2 Å². The Labute approximate surface area is 161 Å². The van der Waals surface area contributed by atoms with Crippen LogP contribution in [0.15, 0.2) is 41.4 Å². The molecule has 0 saturated heterocycles. The fourth-order valence-electron chi connectivity index (χ4n) is 2.64. The number of ether oxygens (including phenoxy) is 4. The maximum Gasteiger partial charge on any atom is 0.387 e. The number of rotatable bonds is 7. The predicted octanol–water partition coefficient (Wildman–Crippen LogP) is 2.89. The van der Waals surface area contributed by atoms with Crippen LogP contribution in [0.3, 0.4) is 0 Å². The minimum absolute atomic E-state index is 0.0253. The van der Waals surface area contributed by atoms with Crippen molar-refractivity contribution in [1.82, 2.24) is 10.6 Å². The topological polar surface area (TPSA) is 73.3 Å². The number of methoxy groups -OCH3 is 1. The molecule has 0 unspecified atom stereocenters. The first kappa shape index (κ1) is 19.5. The van der Waals surface area contributed by atoms with E-state index in [0.29, 0.717) is 29.6 Å². The fraction of sp³-hybridized carbons (Fsp3) is 0.316. The van der Waals surface area contributed by atoms with Crippen LogP contribution in [-0.4, -0.2) is 33.5 Å². The summed E-state index contributed by atoms with van der Waals surface area (Å²) in [6.07, 6.45) is 0. The van der Waals surface area contributed by atoms with Gasteiger partial charge in [0.05, 0.1) is 7.11 Å². The fourth-order valence-corrected chi connectivity index (χ4v) is 2.64. The minimum atomic E-state index is -2.94. The molecule has 1 aliphatic rings. The number of guanidine groups is 1. The summed E-state index contributed by atoms with van der Waals surface area (Å²) in [6, 6.07) is 10.6. The number of nitrogens with one attached hydrogen (secondary N) is 2. The lowest BCUT2D eigenvalue weighted by molar-refractivity contribution is -0.0505. The molecule has 1 aliphatic heterocycles. The SMILES string of the molecule is CN=C(NCc1ccc(OC)cc1)NCc1cc2c(cc1OC(F)F)OCO2. The number of hydrogen-bond donors (Lipinski definition) is 2. The Kier molecular flexibility index (Phi) is 6.36. The normalized spacial score (nSPS) is 12.8. The Morgan fingerprint density at radius 3 is 2.43 bits per heavy atom. The van der Waals surface area contributed by atoms with E-state index >= 15 is 0 Å². The molecule has 7 nitrogen and oxygen atoms in total. The van der Waals surface area contributed by atoms with Crippen LogP contribution >= 0.6 is 0 Å². The Morgan fingerprint density at radius 2 is 1.79 bits per heavy atom. The van der Waals surface area contributed by atoms with E-state index in [1.54, 1.807) is 20.2 Å². The van der Waals surface area contributed by atoms with Crippen molar-refractivity contribution in [2.75, 3.05) is 21.0 Å². The highest BCUT2D eigenvalue weighted by atomic mass is 19.3. The number of aliphatic imine (C=N–C) groups is 1. The zero-order chi connectivity index (χ0) is 19.9. The molecule has 0 amide bonds. The van der Waals surface area contributed by atoms with Gasteiger partial charge in [-0.2, -0.15) is 8.78 Å². The molecule has 0 radical (unpaired) electrons. The highest BCUT2D eigenvalue weighted by molar-refractivity contribution is 5.79. The molecule has 0 aliphatic carbocycles. The lowest BCUT2D eigenvalue weighted by Crippen LogP contribution is -2.36.